The van der Waals surface area contributed by atoms with E-state index in [1.165, 1.54) is 5.56 Å². The summed E-state index contributed by atoms with van der Waals surface area (Å²) in [6.07, 6.45) is 1.88. The molecule has 1 heterocycles. The molecule has 0 aromatic heterocycles. The quantitative estimate of drug-likeness (QED) is 0.773. The van der Waals surface area contributed by atoms with Crippen LogP contribution < -0.4 is 0 Å². The van der Waals surface area contributed by atoms with Gasteiger partial charge < -0.3 is 0 Å². The van der Waals surface area contributed by atoms with Crippen LogP contribution in [0, 0.1) is 0 Å². The summed E-state index contributed by atoms with van der Waals surface area (Å²) in [5.41, 5.74) is 2.33. The number of halogens is 2. The van der Waals surface area contributed by atoms with Crippen molar-refractivity contribution in [3.8, 4) is 0 Å². The third kappa shape index (κ3) is 4.96. The van der Waals surface area contributed by atoms with Crippen LogP contribution in [0.15, 0.2) is 53.6 Å². The Labute approximate surface area is 147 Å². The van der Waals surface area contributed by atoms with Crippen molar-refractivity contribution < 1.29 is 0 Å². The number of benzene rings is 2. The van der Waals surface area contributed by atoms with E-state index in [1.807, 2.05) is 42.6 Å². The molecule has 3 nitrogen and oxygen atoms in total. The Morgan fingerprint density at radius 2 is 1.65 bits per heavy atom. The van der Waals surface area contributed by atoms with Gasteiger partial charge in [0.05, 0.1) is 6.21 Å². The van der Waals surface area contributed by atoms with E-state index < -0.39 is 0 Å². The average Bonchev–Trinajstić information content (AvgIpc) is 2.56. The second-order valence-electron chi connectivity index (χ2n) is 5.66. The molecular weight excluding hydrogens is 329 g/mol. The molecule has 0 bridgehead atoms. The lowest BCUT2D eigenvalue weighted by atomic mass is 10.2. The summed E-state index contributed by atoms with van der Waals surface area (Å²) in [6.45, 7) is 4.85. The third-order valence-electron chi connectivity index (χ3n) is 3.89. The number of nitrogens with zero attached hydrogens (tertiary/aromatic N) is 3. The minimum absolute atomic E-state index is 0.738. The molecule has 0 radical (unpaired) electrons. The second-order valence-corrected chi connectivity index (χ2v) is 6.53. The molecule has 120 valence electrons. The van der Waals surface area contributed by atoms with Crippen molar-refractivity contribution in [3.05, 3.63) is 69.7 Å². The second kappa shape index (κ2) is 7.82. The summed E-state index contributed by atoms with van der Waals surface area (Å²) in [7, 11) is 0. The number of rotatable bonds is 4. The SMILES string of the molecule is Clc1ccc(CN2CCN(N=Cc3cccc(Cl)c3)CC2)cc1. The molecule has 2 aromatic rings. The molecule has 0 aliphatic carbocycles. The topological polar surface area (TPSA) is 18.8 Å². The van der Waals surface area contributed by atoms with Gasteiger partial charge in [-0.05, 0) is 35.4 Å². The lowest BCUT2D eigenvalue weighted by Gasteiger charge is -2.33. The highest BCUT2D eigenvalue weighted by Gasteiger charge is 2.15. The number of piperazine rings is 1. The van der Waals surface area contributed by atoms with Gasteiger partial charge in [-0.3, -0.25) is 9.91 Å². The summed E-state index contributed by atoms with van der Waals surface area (Å²) in [4.78, 5) is 2.44. The van der Waals surface area contributed by atoms with Crippen molar-refractivity contribution >= 4 is 29.4 Å². The lowest BCUT2D eigenvalue weighted by molar-refractivity contribution is 0.131. The zero-order valence-electron chi connectivity index (χ0n) is 12.8. The molecule has 5 heteroatoms. The van der Waals surface area contributed by atoms with Crippen molar-refractivity contribution in [1.82, 2.24) is 9.91 Å². The van der Waals surface area contributed by atoms with Gasteiger partial charge in [0.25, 0.3) is 0 Å². The fourth-order valence-corrected chi connectivity index (χ4v) is 2.92. The van der Waals surface area contributed by atoms with Crippen molar-refractivity contribution in [2.45, 2.75) is 6.54 Å². The average molecular weight is 348 g/mol. The minimum atomic E-state index is 0.738. The molecule has 23 heavy (non-hydrogen) atoms. The van der Waals surface area contributed by atoms with E-state index in [9.17, 15) is 0 Å². The molecule has 1 saturated heterocycles. The normalized spacial score (nSPS) is 16.2. The Morgan fingerprint density at radius 3 is 2.35 bits per heavy atom. The zero-order valence-corrected chi connectivity index (χ0v) is 14.3. The highest BCUT2D eigenvalue weighted by molar-refractivity contribution is 6.31. The largest absolute Gasteiger partial charge is 0.295 e. The van der Waals surface area contributed by atoms with Crippen LogP contribution in [-0.2, 0) is 6.54 Å². The van der Waals surface area contributed by atoms with E-state index in [4.69, 9.17) is 23.2 Å². The first-order chi connectivity index (χ1) is 11.2. The molecule has 1 aliphatic heterocycles. The number of hydrogen-bond acceptors (Lipinski definition) is 3. The van der Waals surface area contributed by atoms with Crippen LogP contribution in [-0.4, -0.2) is 42.3 Å². The maximum absolute atomic E-state index is 5.98. The van der Waals surface area contributed by atoms with Crippen molar-refractivity contribution in [3.63, 3.8) is 0 Å². The van der Waals surface area contributed by atoms with Gasteiger partial charge in [0.2, 0.25) is 0 Å². The Bertz CT molecular complexity index is 662. The fraction of sp³-hybridized carbons (Fsp3) is 0.278. The van der Waals surface area contributed by atoms with Crippen LogP contribution in [0.4, 0.5) is 0 Å². The zero-order chi connectivity index (χ0) is 16.1. The van der Waals surface area contributed by atoms with E-state index in [0.29, 0.717) is 0 Å². The monoisotopic (exact) mass is 347 g/mol. The van der Waals surface area contributed by atoms with Crippen LogP contribution in [0.5, 0.6) is 0 Å². The molecule has 0 saturated carbocycles. The summed E-state index contributed by atoms with van der Waals surface area (Å²) >= 11 is 11.9. The molecule has 0 unspecified atom stereocenters. The standard InChI is InChI=1S/C18H19Cl2N3/c19-17-6-4-15(5-7-17)14-22-8-10-23(11-9-22)21-13-16-2-1-3-18(20)12-16/h1-7,12-13H,8-11,14H2. The molecule has 0 spiro atoms. The Hall–Kier alpha value is -1.55. The maximum atomic E-state index is 5.98. The van der Waals surface area contributed by atoms with Gasteiger partial charge in [0.1, 0.15) is 0 Å². The molecule has 1 aliphatic rings. The van der Waals surface area contributed by atoms with Gasteiger partial charge in [0, 0.05) is 42.8 Å². The highest BCUT2D eigenvalue weighted by Crippen LogP contribution is 2.13. The van der Waals surface area contributed by atoms with Crippen LogP contribution in [0.3, 0.4) is 0 Å². The van der Waals surface area contributed by atoms with Crippen molar-refractivity contribution in [2.75, 3.05) is 26.2 Å². The van der Waals surface area contributed by atoms with Crippen molar-refractivity contribution in [2.24, 2.45) is 5.10 Å². The van der Waals surface area contributed by atoms with Crippen LogP contribution in [0.25, 0.3) is 0 Å². The van der Waals surface area contributed by atoms with Crippen LogP contribution in [0.1, 0.15) is 11.1 Å². The van der Waals surface area contributed by atoms with Gasteiger partial charge in [-0.1, -0.05) is 47.5 Å². The predicted octanol–water partition coefficient (Wildman–Crippen LogP) is 4.15. The first kappa shape index (κ1) is 16.3. The first-order valence-electron chi connectivity index (χ1n) is 7.70. The van der Waals surface area contributed by atoms with Crippen LogP contribution in [0.2, 0.25) is 10.0 Å². The van der Waals surface area contributed by atoms with E-state index in [0.717, 1.165) is 48.3 Å². The van der Waals surface area contributed by atoms with E-state index in [-0.39, 0.29) is 0 Å². The molecule has 2 aromatic carbocycles. The van der Waals surface area contributed by atoms with E-state index in [1.54, 1.807) is 0 Å². The molecule has 0 atom stereocenters. The highest BCUT2D eigenvalue weighted by atomic mass is 35.5. The van der Waals surface area contributed by atoms with Crippen LogP contribution >= 0.6 is 23.2 Å². The Balaban J connectivity index is 1.49. The third-order valence-corrected chi connectivity index (χ3v) is 4.37. The van der Waals surface area contributed by atoms with Crippen molar-refractivity contribution in [1.29, 1.82) is 0 Å². The summed E-state index contributed by atoms with van der Waals surface area (Å²) in [5, 5.41) is 8.19. The first-order valence-corrected chi connectivity index (χ1v) is 8.46. The lowest BCUT2D eigenvalue weighted by Crippen LogP contribution is -2.43. The number of hydrazone groups is 1. The molecule has 1 fully saturated rings. The van der Waals surface area contributed by atoms with Gasteiger partial charge in [-0.15, -0.1) is 0 Å². The Morgan fingerprint density at radius 1 is 0.913 bits per heavy atom. The van der Waals surface area contributed by atoms with Gasteiger partial charge in [0.15, 0.2) is 0 Å². The molecular formula is C18H19Cl2N3. The van der Waals surface area contributed by atoms with E-state index >= 15 is 0 Å². The smallest absolute Gasteiger partial charge is 0.0543 e. The fourth-order valence-electron chi connectivity index (χ4n) is 2.59. The number of hydrogen-bond donors (Lipinski definition) is 0. The maximum Gasteiger partial charge on any atom is 0.0543 e. The molecule has 3 rings (SSSR count). The van der Waals surface area contributed by atoms with Gasteiger partial charge >= 0.3 is 0 Å². The summed E-state index contributed by atoms with van der Waals surface area (Å²) < 4.78 is 0. The summed E-state index contributed by atoms with van der Waals surface area (Å²) in [5.74, 6) is 0. The van der Waals surface area contributed by atoms with Gasteiger partial charge in [-0.25, -0.2) is 0 Å². The van der Waals surface area contributed by atoms with E-state index in [2.05, 4.69) is 27.1 Å². The Kier molecular flexibility index (Phi) is 5.55. The predicted molar refractivity (Wildman–Crippen MR) is 97.3 cm³/mol. The minimum Gasteiger partial charge on any atom is -0.295 e. The summed E-state index contributed by atoms with van der Waals surface area (Å²) in [6, 6.07) is 15.8. The molecule has 0 N–H and O–H groups in total. The molecule has 0 amide bonds. The van der Waals surface area contributed by atoms with Gasteiger partial charge in [-0.2, -0.15) is 5.10 Å².